The zero-order valence-corrected chi connectivity index (χ0v) is 16.3. The molecule has 2 aromatic rings. The van der Waals surface area contributed by atoms with Crippen molar-refractivity contribution in [1.82, 2.24) is 25.4 Å². The van der Waals surface area contributed by atoms with Crippen LogP contribution in [0.2, 0.25) is 0 Å². The van der Waals surface area contributed by atoms with Gasteiger partial charge in [0.15, 0.2) is 22.8 Å². The van der Waals surface area contributed by atoms with Gasteiger partial charge in [0.1, 0.15) is 0 Å². The summed E-state index contributed by atoms with van der Waals surface area (Å²) in [5.74, 6) is -0.174. The molecule has 10 nitrogen and oxygen atoms in total. The number of imide groups is 1. The molecule has 0 aliphatic heterocycles. The molecule has 1 aliphatic rings. The van der Waals surface area contributed by atoms with Crippen molar-refractivity contribution in [2.24, 2.45) is 0 Å². The number of nitrogens with zero attached hydrogens (tertiary/aromatic N) is 3. The van der Waals surface area contributed by atoms with E-state index in [0.29, 0.717) is 23.3 Å². The minimum Gasteiger partial charge on any atom is -0.461 e. The first-order valence-electron chi connectivity index (χ1n) is 8.88. The second-order valence-electron chi connectivity index (χ2n) is 6.19. The Morgan fingerprint density at radius 1 is 1.39 bits per heavy atom. The number of hydrogen-bond acceptors (Lipinski definition) is 8. The third-order valence-electron chi connectivity index (χ3n) is 3.92. The molecule has 1 saturated carbocycles. The normalized spacial score (nSPS) is 14.4. The molecular formula is C17H21N5O5S. The van der Waals surface area contributed by atoms with Crippen molar-refractivity contribution in [3.05, 3.63) is 18.4 Å². The van der Waals surface area contributed by atoms with E-state index in [-0.39, 0.29) is 11.8 Å². The van der Waals surface area contributed by atoms with Gasteiger partial charge in [-0.05, 0) is 38.8 Å². The zero-order chi connectivity index (χ0) is 20.1. The Morgan fingerprint density at radius 3 is 2.82 bits per heavy atom. The van der Waals surface area contributed by atoms with E-state index in [9.17, 15) is 14.4 Å². The Bertz CT molecular complexity index is 846. The summed E-state index contributed by atoms with van der Waals surface area (Å²) in [6.45, 7) is 3.93. The maximum absolute atomic E-state index is 12.0. The highest BCUT2D eigenvalue weighted by molar-refractivity contribution is 7.99. The number of thioether (sulfide) groups is 1. The average Bonchev–Trinajstić information content (AvgIpc) is 3.16. The van der Waals surface area contributed by atoms with Gasteiger partial charge < -0.3 is 14.5 Å². The summed E-state index contributed by atoms with van der Waals surface area (Å²) >= 11 is 1.14. The number of amides is 3. The molecule has 28 heavy (non-hydrogen) atoms. The second kappa shape index (κ2) is 8.91. The minimum atomic E-state index is -1.08. The Labute approximate surface area is 165 Å². The Balaban J connectivity index is 1.48. The van der Waals surface area contributed by atoms with Crippen molar-refractivity contribution in [1.29, 1.82) is 0 Å². The smallest absolute Gasteiger partial charge is 0.321 e. The van der Waals surface area contributed by atoms with Crippen molar-refractivity contribution in [2.75, 3.05) is 5.75 Å². The second-order valence-corrected chi connectivity index (χ2v) is 7.13. The molecule has 11 heteroatoms. The van der Waals surface area contributed by atoms with Gasteiger partial charge in [0.2, 0.25) is 0 Å². The van der Waals surface area contributed by atoms with E-state index >= 15 is 0 Å². The average molecular weight is 407 g/mol. The van der Waals surface area contributed by atoms with Crippen LogP contribution in [0.1, 0.15) is 26.7 Å². The van der Waals surface area contributed by atoms with Crippen molar-refractivity contribution in [2.45, 2.75) is 50.5 Å². The molecule has 2 aromatic heterocycles. The third-order valence-corrected chi connectivity index (χ3v) is 4.86. The fourth-order valence-electron chi connectivity index (χ4n) is 2.34. The summed E-state index contributed by atoms with van der Waals surface area (Å²) in [5.41, 5.74) is 0. The molecule has 0 spiro atoms. The quantitative estimate of drug-likeness (QED) is 0.498. The van der Waals surface area contributed by atoms with Crippen molar-refractivity contribution < 1.29 is 23.5 Å². The predicted octanol–water partition coefficient (Wildman–Crippen LogP) is 1.57. The van der Waals surface area contributed by atoms with Crippen LogP contribution in [0.25, 0.3) is 11.6 Å². The van der Waals surface area contributed by atoms with Gasteiger partial charge in [0, 0.05) is 12.6 Å². The summed E-state index contributed by atoms with van der Waals surface area (Å²) < 4.78 is 12.2. The lowest BCUT2D eigenvalue weighted by Gasteiger charge is -2.13. The third kappa shape index (κ3) is 5.12. The van der Waals surface area contributed by atoms with E-state index in [0.717, 1.165) is 24.6 Å². The van der Waals surface area contributed by atoms with Crippen LogP contribution in [0.5, 0.6) is 0 Å². The number of aromatic nitrogens is 3. The van der Waals surface area contributed by atoms with Crippen molar-refractivity contribution in [3.8, 4) is 11.6 Å². The minimum absolute atomic E-state index is 0.0534. The van der Waals surface area contributed by atoms with E-state index in [1.165, 1.54) is 6.92 Å². The highest BCUT2D eigenvalue weighted by atomic mass is 32.2. The monoisotopic (exact) mass is 407 g/mol. The molecule has 1 aliphatic carbocycles. The van der Waals surface area contributed by atoms with Gasteiger partial charge in [-0.1, -0.05) is 11.8 Å². The first-order chi connectivity index (χ1) is 13.5. The Hall–Kier alpha value is -2.82. The first-order valence-corrected chi connectivity index (χ1v) is 9.87. The highest BCUT2D eigenvalue weighted by Crippen LogP contribution is 2.24. The molecule has 0 radical (unpaired) electrons. The molecule has 2 N–H and O–H groups in total. The summed E-state index contributed by atoms with van der Waals surface area (Å²) in [6, 6.07) is 3.08. The van der Waals surface area contributed by atoms with E-state index in [4.69, 9.17) is 9.15 Å². The largest absolute Gasteiger partial charge is 0.461 e. The number of esters is 1. The molecule has 3 amide bonds. The lowest BCUT2D eigenvalue weighted by atomic mass is 10.4. The molecule has 1 atom stereocenters. The maximum Gasteiger partial charge on any atom is 0.321 e. The van der Waals surface area contributed by atoms with Gasteiger partial charge >= 0.3 is 12.0 Å². The fourth-order valence-corrected chi connectivity index (χ4v) is 3.12. The summed E-state index contributed by atoms with van der Waals surface area (Å²) in [7, 11) is 0. The van der Waals surface area contributed by atoms with E-state index in [1.807, 2.05) is 11.5 Å². The van der Waals surface area contributed by atoms with E-state index in [1.54, 1.807) is 18.4 Å². The van der Waals surface area contributed by atoms with Gasteiger partial charge in [-0.3, -0.25) is 19.5 Å². The van der Waals surface area contributed by atoms with Crippen LogP contribution >= 0.6 is 11.8 Å². The molecule has 0 saturated heterocycles. The van der Waals surface area contributed by atoms with Gasteiger partial charge in [0.25, 0.3) is 5.91 Å². The zero-order valence-electron chi connectivity index (χ0n) is 15.5. The van der Waals surface area contributed by atoms with E-state index in [2.05, 4.69) is 20.8 Å². The van der Waals surface area contributed by atoms with Crippen LogP contribution < -0.4 is 10.6 Å². The number of ether oxygens (including phenoxy) is 1. The van der Waals surface area contributed by atoms with Gasteiger partial charge in [0.05, 0.1) is 12.0 Å². The SMILES string of the molecule is CCn1c(SCC(=O)OC(C)C(=O)NC(=O)NC2CC2)nnc1-c1ccco1. The van der Waals surface area contributed by atoms with Gasteiger partial charge in [-0.2, -0.15) is 0 Å². The number of nitrogens with one attached hydrogen (secondary N) is 2. The van der Waals surface area contributed by atoms with Crippen LogP contribution in [0, 0.1) is 0 Å². The number of rotatable bonds is 8. The van der Waals surface area contributed by atoms with Crippen molar-refractivity contribution >= 4 is 29.7 Å². The predicted molar refractivity (Wildman–Crippen MR) is 99.4 cm³/mol. The molecule has 2 heterocycles. The lowest BCUT2D eigenvalue weighted by Crippen LogP contribution is -2.45. The number of urea groups is 1. The molecule has 0 aromatic carbocycles. The molecule has 1 fully saturated rings. The summed E-state index contributed by atoms with van der Waals surface area (Å²) in [5, 5.41) is 13.5. The van der Waals surface area contributed by atoms with Crippen LogP contribution in [-0.4, -0.2) is 50.6 Å². The Morgan fingerprint density at radius 2 is 2.18 bits per heavy atom. The van der Waals surface area contributed by atoms with Crippen LogP contribution in [0.3, 0.4) is 0 Å². The van der Waals surface area contributed by atoms with E-state index < -0.39 is 24.0 Å². The molecule has 3 rings (SSSR count). The lowest BCUT2D eigenvalue weighted by molar-refractivity contribution is -0.151. The topological polar surface area (TPSA) is 128 Å². The highest BCUT2D eigenvalue weighted by Gasteiger charge is 2.26. The number of carbonyl (C=O) groups excluding carboxylic acids is 3. The van der Waals surface area contributed by atoms with Crippen molar-refractivity contribution in [3.63, 3.8) is 0 Å². The number of furan rings is 1. The van der Waals surface area contributed by atoms with Crippen LogP contribution in [0.4, 0.5) is 4.79 Å². The van der Waals surface area contributed by atoms with Crippen LogP contribution in [0.15, 0.2) is 28.0 Å². The molecular weight excluding hydrogens is 386 g/mol. The molecule has 150 valence electrons. The summed E-state index contributed by atoms with van der Waals surface area (Å²) in [6.07, 6.45) is 2.28. The standard InChI is InChI=1S/C17H21N5O5S/c1-3-22-14(12-5-4-8-26-12)20-21-17(22)28-9-13(23)27-10(2)15(24)19-16(25)18-11-6-7-11/h4-5,8,10-11H,3,6-7,9H2,1-2H3,(H2,18,19,24,25). The van der Waals surface area contributed by atoms with Gasteiger partial charge in [-0.25, -0.2) is 4.79 Å². The summed E-state index contributed by atoms with van der Waals surface area (Å²) in [4.78, 5) is 35.5. The van der Waals surface area contributed by atoms with Crippen LogP contribution in [-0.2, 0) is 20.9 Å². The fraction of sp³-hybridized carbons (Fsp3) is 0.471. The number of hydrogen-bond donors (Lipinski definition) is 2. The van der Waals surface area contributed by atoms with Gasteiger partial charge in [-0.15, -0.1) is 10.2 Å². The molecule has 1 unspecified atom stereocenters. The Kier molecular flexibility index (Phi) is 6.34. The maximum atomic E-state index is 12.0. The first kappa shape index (κ1) is 19.9. The number of carbonyl (C=O) groups is 3. The molecule has 0 bridgehead atoms.